The van der Waals surface area contributed by atoms with E-state index in [2.05, 4.69) is 52.1 Å². The number of hydrogen-bond donors (Lipinski definition) is 1. The molecule has 0 aromatic carbocycles. The van der Waals surface area contributed by atoms with E-state index in [-0.39, 0.29) is 18.2 Å². The Morgan fingerprint density at radius 1 is 1.20 bits per heavy atom. The summed E-state index contributed by atoms with van der Waals surface area (Å²) in [5.41, 5.74) is 1.52. The van der Waals surface area contributed by atoms with Crippen molar-refractivity contribution in [2.24, 2.45) is 5.92 Å². The third-order valence-corrected chi connectivity index (χ3v) is 7.81. The van der Waals surface area contributed by atoms with Crippen molar-refractivity contribution in [2.45, 2.75) is 82.6 Å². The Bertz CT molecular complexity index is 878. The minimum atomic E-state index is -0.571. The second kappa shape index (κ2) is 9.41. The fraction of sp³-hybridized carbons (Fsp3) is 0.800. The molecule has 4 atom stereocenters. The van der Waals surface area contributed by atoms with Crippen LogP contribution in [0.4, 0.5) is 5.82 Å². The number of rotatable bonds is 9. The van der Waals surface area contributed by atoms with Crippen LogP contribution in [-0.4, -0.2) is 59.7 Å². The van der Waals surface area contributed by atoms with Gasteiger partial charge in [-0.1, -0.05) is 59.8 Å². The first-order valence-corrected chi connectivity index (χ1v) is 13.4. The number of hydrogen-bond acceptors (Lipinski definition) is 8. The summed E-state index contributed by atoms with van der Waals surface area (Å²) in [5.74, 6) is 1.62. The molecule has 10 heteroatoms. The first-order chi connectivity index (χ1) is 14.5. The van der Waals surface area contributed by atoms with E-state index >= 15 is 0 Å². The van der Waals surface area contributed by atoms with Crippen LogP contribution in [0.2, 0.25) is 0 Å². The number of nitrogens with one attached hydrogen (secondary N) is 1. The first-order valence-electron chi connectivity index (χ1n) is 10.9. The largest absolute Gasteiger partial charge is 0.368 e. The van der Waals surface area contributed by atoms with Crippen LogP contribution in [0.1, 0.15) is 59.4 Å². The number of unbranched alkanes of at least 4 members (excludes halogenated alkanes) is 1. The van der Waals surface area contributed by atoms with Gasteiger partial charge in [0.05, 0.1) is 12.1 Å². The molecule has 0 radical (unpaired) electrons. The summed E-state index contributed by atoms with van der Waals surface area (Å²) >= 11 is 4.13. The van der Waals surface area contributed by atoms with Gasteiger partial charge in [0.25, 0.3) is 0 Å². The van der Waals surface area contributed by atoms with Gasteiger partial charge in [-0.25, -0.2) is 14.6 Å². The lowest BCUT2D eigenvalue weighted by atomic mass is 10.1. The van der Waals surface area contributed by atoms with Gasteiger partial charge >= 0.3 is 0 Å². The maximum Gasteiger partial charge on any atom is 0.191 e. The van der Waals surface area contributed by atoms with Crippen LogP contribution in [0, 0.1) is 5.92 Å². The highest BCUT2D eigenvalue weighted by atomic mass is 127. The van der Waals surface area contributed by atoms with Crippen molar-refractivity contribution in [1.82, 2.24) is 25.0 Å². The molecule has 0 unspecified atom stereocenters. The number of nitrogens with zero attached hydrogens (tertiary/aromatic N) is 5. The van der Waals surface area contributed by atoms with Crippen molar-refractivity contribution in [2.75, 3.05) is 22.0 Å². The standard InChI is InChI=1S/C20H31IN6O2S/c1-5-7-8-22-17-14-18(24-19(23-17)30-9-6-2)27(26-25-14)13-10-12(11-21)15-16(13)29-20(3,4)28-15/h12-13,15-16H,5-11H2,1-4H3,(H,22,23,24)/t12-,13-,15-,16+/m0/s1. The average molecular weight is 546 g/mol. The molecule has 166 valence electrons. The number of anilines is 1. The highest BCUT2D eigenvalue weighted by molar-refractivity contribution is 14.1. The fourth-order valence-corrected chi connectivity index (χ4v) is 5.80. The number of ether oxygens (including phenoxy) is 2. The average Bonchev–Trinajstić information content (AvgIpc) is 3.36. The molecule has 1 saturated carbocycles. The Kier molecular flexibility index (Phi) is 7.05. The molecule has 30 heavy (non-hydrogen) atoms. The predicted molar refractivity (Wildman–Crippen MR) is 127 cm³/mol. The van der Waals surface area contributed by atoms with E-state index in [0.29, 0.717) is 5.92 Å². The summed E-state index contributed by atoms with van der Waals surface area (Å²) in [5, 5.41) is 13.2. The van der Waals surface area contributed by atoms with Crippen molar-refractivity contribution >= 4 is 51.3 Å². The van der Waals surface area contributed by atoms with E-state index in [1.165, 1.54) is 0 Å². The second-order valence-corrected chi connectivity index (χ2v) is 10.4. The van der Waals surface area contributed by atoms with Crippen molar-refractivity contribution in [1.29, 1.82) is 0 Å². The molecule has 0 spiro atoms. The summed E-state index contributed by atoms with van der Waals surface area (Å²) in [6, 6.07) is 0.0592. The molecule has 1 aliphatic heterocycles. The van der Waals surface area contributed by atoms with Crippen molar-refractivity contribution in [3.63, 3.8) is 0 Å². The van der Waals surface area contributed by atoms with Crippen LogP contribution in [0.3, 0.4) is 0 Å². The van der Waals surface area contributed by atoms with Crippen molar-refractivity contribution < 1.29 is 9.47 Å². The quantitative estimate of drug-likeness (QED) is 0.162. The third-order valence-electron chi connectivity index (χ3n) is 5.63. The number of alkyl halides is 1. The van der Waals surface area contributed by atoms with Crippen LogP contribution in [0.25, 0.3) is 11.2 Å². The fourth-order valence-electron chi connectivity index (χ4n) is 4.25. The van der Waals surface area contributed by atoms with Gasteiger partial charge in [0.15, 0.2) is 27.9 Å². The number of aromatic nitrogens is 5. The van der Waals surface area contributed by atoms with Crippen LogP contribution in [0.5, 0.6) is 0 Å². The molecular weight excluding hydrogens is 515 g/mol. The highest BCUT2D eigenvalue weighted by Gasteiger charge is 2.54. The predicted octanol–water partition coefficient (Wildman–Crippen LogP) is 4.45. The Hall–Kier alpha value is -0.720. The summed E-state index contributed by atoms with van der Waals surface area (Å²) < 4.78 is 15.6. The molecular formula is C20H31IN6O2S. The van der Waals surface area contributed by atoms with Crippen LogP contribution in [-0.2, 0) is 9.47 Å². The number of thioether (sulfide) groups is 1. The molecule has 2 aromatic rings. The lowest BCUT2D eigenvalue weighted by Crippen LogP contribution is -2.28. The third kappa shape index (κ3) is 4.42. The molecule has 3 heterocycles. The number of halogens is 1. The zero-order valence-electron chi connectivity index (χ0n) is 18.1. The number of fused-ring (bicyclic) bond motifs is 2. The summed E-state index contributed by atoms with van der Waals surface area (Å²) in [7, 11) is 0. The van der Waals surface area contributed by atoms with Gasteiger partial charge in [0.2, 0.25) is 0 Å². The van der Waals surface area contributed by atoms with E-state index in [9.17, 15) is 0 Å². The van der Waals surface area contributed by atoms with E-state index in [1.807, 2.05) is 18.5 Å². The zero-order chi connectivity index (χ0) is 21.3. The normalized spacial score (nSPS) is 27.6. The monoisotopic (exact) mass is 546 g/mol. The SMILES string of the molecule is CCCCNc1nc(SCCC)nc2c1nnn2[C@H]1C[C@@H](CI)[C@@H]2OC(C)(C)O[C@@H]21. The smallest absolute Gasteiger partial charge is 0.191 e. The minimum Gasteiger partial charge on any atom is -0.368 e. The van der Waals surface area contributed by atoms with Crippen LogP contribution >= 0.6 is 34.4 Å². The maximum atomic E-state index is 6.32. The Labute approximate surface area is 195 Å². The summed E-state index contributed by atoms with van der Waals surface area (Å²) in [6.07, 6.45) is 4.28. The van der Waals surface area contributed by atoms with Gasteiger partial charge in [0, 0.05) is 16.7 Å². The maximum absolute atomic E-state index is 6.32. The minimum absolute atomic E-state index is 0.0390. The van der Waals surface area contributed by atoms with Gasteiger partial charge in [-0.2, -0.15) is 0 Å². The summed E-state index contributed by atoms with van der Waals surface area (Å²) in [4.78, 5) is 9.60. The Morgan fingerprint density at radius 2 is 2.00 bits per heavy atom. The van der Waals surface area contributed by atoms with Gasteiger partial charge < -0.3 is 14.8 Å². The first kappa shape index (κ1) is 22.5. The van der Waals surface area contributed by atoms with E-state index < -0.39 is 5.79 Å². The lowest BCUT2D eigenvalue weighted by Gasteiger charge is -2.23. The molecule has 0 amide bonds. The van der Waals surface area contributed by atoms with Gasteiger partial charge in [-0.05, 0) is 39.0 Å². The van der Waals surface area contributed by atoms with Crippen LogP contribution < -0.4 is 5.32 Å². The van der Waals surface area contributed by atoms with Gasteiger partial charge in [-0.3, -0.25) is 0 Å². The second-order valence-electron chi connectivity index (χ2n) is 8.47. The molecule has 0 bridgehead atoms. The van der Waals surface area contributed by atoms with E-state index in [1.54, 1.807) is 11.8 Å². The van der Waals surface area contributed by atoms with Gasteiger partial charge in [-0.15, -0.1) is 5.10 Å². The Morgan fingerprint density at radius 3 is 2.73 bits per heavy atom. The molecule has 2 aromatic heterocycles. The van der Waals surface area contributed by atoms with Gasteiger partial charge in [0.1, 0.15) is 6.10 Å². The molecule has 1 aliphatic carbocycles. The lowest BCUT2D eigenvalue weighted by molar-refractivity contribution is -0.159. The highest BCUT2D eigenvalue weighted by Crippen LogP contribution is 2.47. The van der Waals surface area contributed by atoms with E-state index in [0.717, 1.165) is 64.5 Å². The van der Waals surface area contributed by atoms with E-state index in [4.69, 9.17) is 19.4 Å². The molecule has 2 aliphatic rings. The van der Waals surface area contributed by atoms with Crippen molar-refractivity contribution in [3.8, 4) is 0 Å². The molecule has 4 rings (SSSR count). The Balaban J connectivity index is 1.71. The van der Waals surface area contributed by atoms with Crippen LogP contribution in [0.15, 0.2) is 5.16 Å². The zero-order valence-corrected chi connectivity index (χ0v) is 21.1. The topological polar surface area (TPSA) is 87.0 Å². The molecule has 2 fully saturated rings. The molecule has 1 saturated heterocycles. The molecule has 8 nitrogen and oxygen atoms in total. The molecule has 1 N–H and O–H groups in total. The van der Waals surface area contributed by atoms with Crippen molar-refractivity contribution in [3.05, 3.63) is 0 Å². The summed E-state index contributed by atoms with van der Waals surface area (Å²) in [6.45, 7) is 9.19.